The zero-order chi connectivity index (χ0) is 18.8. The smallest absolute Gasteiger partial charge is 0.253 e. The molecule has 1 aliphatic carbocycles. The molecule has 3 aromatic rings. The van der Waals surface area contributed by atoms with Crippen LogP contribution in [0.2, 0.25) is 0 Å². The molecule has 0 saturated heterocycles. The van der Waals surface area contributed by atoms with Crippen LogP contribution in [0.4, 0.5) is 0 Å². The molecule has 1 amide bonds. The molecule has 0 spiro atoms. The number of amides is 1. The fraction of sp³-hybridized carbons (Fsp3) is 0.364. The minimum atomic E-state index is 0.109. The lowest BCUT2D eigenvalue weighted by Crippen LogP contribution is -2.38. The van der Waals surface area contributed by atoms with E-state index in [0.29, 0.717) is 12.5 Å². The maximum atomic E-state index is 12.9. The number of para-hydroxylation sites is 2. The third kappa shape index (κ3) is 3.93. The Kier molecular flexibility index (Phi) is 5.30. The summed E-state index contributed by atoms with van der Waals surface area (Å²) >= 11 is 3.65. The quantitative estimate of drug-likeness (QED) is 0.614. The van der Waals surface area contributed by atoms with Gasteiger partial charge in [-0.25, -0.2) is 4.98 Å². The highest BCUT2D eigenvalue weighted by Gasteiger charge is 2.23. The van der Waals surface area contributed by atoms with Gasteiger partial charge in [-0.15, -0.1) is 0 Å². The van der Waals surface area contributed by atoms with Gasteiger partial charge in [-0.3, -0.25) is 4.79 Å². The third-order valence-corrected chi connectivity index (χ3v) is 6.28. The lowest BCUT2D eigenvalue weighted by Gasteiger charge is -2.31. The number of rotatable bonds is 4. The van der Waals surface area contributed by atoms with Crippen LogP contribution in [0, 0.1) is 0 Å². The summed E-state index contributed by atoms with van der Waals surface area (Å²) < 4.78 is 0.950. The first kappa shape index (κ1) is 18.2. The largest absolute Gasteiger partial charge is 0.342 e. The van der Waals surface area contributed by atoms with Gasteiger partial charge in [0, 0.05) is 29.5 Å². The number of fused-ring (bicyclic) bond motifs is 1. The molecule has 140 valence electrons. The molecule has 4 rings (SSSR count). The minimum absolute atomic E-state index is 0.109. The summed E-state index contributed by atoms with van der Waals surface area (Å²) in [6.45, 7) is 0. The van der Waals surface area contributed by atoms with E-state index in [1.807, 2.05) is 54.4 Å². The monoisotopic (exact) mass is 425 g/mol. The molecule has 1 saturated carbocycles. The number of aromatic amines is 1. The minimum Gasteiger partial charge on any atom is -0.342 e. The van der Waals surface area contributed by atoms with Crippen molar-refractivity contribution in [3.05, 3.63) is 63.9 Å². The van der Waals surface area contributed by atoms with E-state index in [9.17, 15) is 4.79 Å². The molecule has 1 N–H and O–H groups in total. The number of hydrogen-bond acceptors (Lipinski definition) is 2. The number of hydrogen-bond donors (Lipinski definition) is 1. The Morgan fingerprint density at radius 3 is 2.70 bits per heavy atom. The molecule has 1 heterocycles. The van der Waals surface area contributed by atoms with Gasteiger partial charge in [-0.05, 0) is 42.7 Å². The van der Waals surface area contributed by atoms with Gasteiger partial charge < -0.3 is 9.88 Å². The Hall–Kier alpha value is -2.14. The standard InChI is InChI=1S/C22H24BrN3O/c1-26(17-7-3-2-4-8-17)22(27)16-12-11-15(18(23)13-16)14-21-24-19-9-5-6-10-20(19)25-21/h5-6,9-13,17H,2-4,7-8,14H2,1H3,(H,24,25). The van der Waals surface area contributed by atoms with Crippen LogP contribution in [0.25, 0.3) is 11.0 Å². The van der Waals surface area contributed by atoms with E-state index >= 15 is 0 Å². The van der Waals surface area contributed by atoms with Crippen molar-refractivity contribution in [1.29, 1.82) is 0 Å². The second-order valence-electron chi connectivity index (χ2n) is 7.39. The van der Waals surface area contributed by atoms with Crippen molar-refractivity contribution in [2.45, 2.75) is 44.6 Å². The molecule has 0 bridgehead atoms. The van der Waals surface area contributed by atoms with Crippen molar-refractivity contribution < 1.29 is 4.79 Å². The normalized spacial score (nSPS) is 15.2. The first-order chi connectivity index (χ1) is 13.1. The van der Waals surface area contributed by atoms with Crippen molar-refractivity contribution in [2.75, 3.05) is 7.05 Å². The highest BCUT2D eigenvalue weighted by Crippen LogP contribution is 2.26. The lowest BCUT2D eigenvalue weighted by atomic mass is 9.94. The summed E-state index contributed by atoms with van der Waals surface area (Å²) in [6, 6.07) is 14.3. The number of carbonyl (C=O) groups is 1. The van der Waals surface area contributed by atoms with E-state index in [4.69, 9.17) is 0 Å². The van der Waals surface area contributed by atoms with Crippen LogP contribution in [-0.2, 0) is 6.42 Å². The first-order valence-corrected chi connectivity index (χ1v) is 10.4. The molecule has 0 radical (unpaired) electrons. The number of aromatic nitrogens is 2. The topological polar surface area (TPSA) is 49.0 Å². The van der Waals surface area contributed by atoms with Gasteiger partial charge in [0.05, 0.1) is 11.0 Å². The van der Waals surface area contributed by atoms with Crippen LogP contribution >= 0.6 is 15.9 Å². The number of benzene rings is 2. The summed E-state index contributed by atoms with van der Waals surface area (Å²) in [5.41, 5.74) is 3.88. The molecular weight excluding hydrogens is 402 g/mol. The maximum absolute atomic E-state index is 12.9. The average molecular weight is 426 g/mol. The molecule has 0 aliphatic heterocycles. The molecule has 1 aliphatic rings. The average Bonchev–Trinajstić information content (AvgIpc) is 3.11. The Bertz CT molecular complexity index is 926. The molecule has 1 fully saturated rings. The van der Waals surface area contributed by atoms with E-state index in [1.165, 1.54) is 19.3 Å². The number of imidazole rings is 1. The van der Waals surface area contributed by atoms with Crippen molar-refractivity contribution in [3.63, 3.8) is 0 Å². The Labute approximate surface area is 168 Å². The van der Waals surface area contributed by atoms with Gasteiger partial charge in [0.1, 0.15) is 5.82 Å². The Morgan fingerprint density at radius 1 is 1.19 bits per heavy atom. The zero-order valence-electron chi connectivity index (χ0n) is 15.5. The van der Waals surface area contributed by atoms with E-state index in [0.717, 1.165) is 45.3 Å². The number of carbonyl (C=O) groups excluding carboxylic acids is 1. The van der Waals surface area contributed by atoms with E-state index in [2.05, 4.69) is 25.9 Å². The highest BCUT2D eigenvalue weighted by atomic mass is 79.9. The Balaban J connectivity index is 1.50. The van der Waals surface area contributed by atoms with E-state index < -0.39 is 0 Å². The summed E-state index contributed by atoms with van der Waals surface area (Å²) in [5, 5.41) is 0. The van der Waals surface area contributed by atoms with Crippen molar-refractivity contribution in [3.8, 4) is 0 Å². The highest BCUT2D eigenvalue weighted by molar-refractivity contribution is 9.10. The number of nitrogens with one attached hydrogen (secondary N) is 1. The van der Waals surface area contributed by atoms with Crippen LogP contribution in [0.15, 0.2) is 46.9 Å². The molecular formula is C22H24BrN3O. The molecule has 27 heavy (non-hydrogen) atoms. The van der Waals surface area contributed by atoms with E-state index in [1.54, 1.807) is 0 Å². The maximum Gasteiger partial charge on any atom is 0.253 e. The van der Waals surface area contributed by atoms with Crippen LogP contribution in [-0.4, -0.2) is 33.9 Å². The van der Waals surface area contributed by atoms with Gasteiger partial charge in [0.25, 0.3) is 5.91 Å². The zero-order valence-corrected chi connectivity index (χ0v) is 17.1. The second-order valence-corrected chi connectivity index (χ2v) is 8.25. The van der Waals surface area contributed by atoms with Gasteiger partial charge in [-0.2, -0.15) is 0 Å². The molecule has 0 atom stereocenters. The molecule has 1 aromatic heterocycles. The SMILES string of the molecule is CN(C(=O)c1ccc(Cc2nc3ccccc3[nH]2)c(Br)c1)C1CCCCC1. The van der Waals surface area contributed by atoms with Crippen LogP contribution < -0.4 is 0 Å². The van der Waals surface area contributed by atoms with Crippen LogP contribution in [0.5, 0.6) is 0 Å². The molecule has 5 heteroatoms. The number of nitrogens with zero attached hydrogens (tertiary/aromatic N) is 2. The van der Waals surface area contributed by atoms with Crippen LogP contribution in [0.3, 0.4) is 0 Å². The first-order valence-electron chi connectivity index (χ1n) is 9.61. The predicted octanol–water partition coefficient (Wildman–Crippen LogP) is 5.32. The van der Waals surface area contributed by atoms with Gasteiger partial charge in [0.2, 0.25) is 0 Å². The third-order valence-electron chi connectivity index (χ3n) is 5.54. The van der Waals surface area contributed by atoms with Crippen LogP contribution in [0.1, 0.15) is 53.8 Å². The fourth-order valence-corrected chi connectivity index (χ4v) is 4.45. The number of H-pyrrole nitrogens is 1. The molecule has 4 nitrogen and oxygen atoms in total. The fourth-order valence-electron chi connectivity index (χ4n) is 3.93. The lowest BCUT2D eigenvalue weighted by molar-refractivity contribution is 0.0696. The summed E-state index contributed by atoms with van der Waals surface area (Å²) in [7, 11) is 1.94. The van der Waals surface area contributed by atoms with Crippen molar-refractivity contribution in [1.82, 2.24) is 14.9 Å². The van der Waals surface area contributed by atoms with Gasteiger partial charge >= 0.3 is 0 Å². The predicted molar refractivity (Wildman–Crippen MR) is 112 cm³/mol. The summed E-state index contributed by atoms with van der Waals surface area (Å²) in [5.74, 6) is 1.04. The summed E-state index contributed by atoms with van der Waals surface area (Å²) in [4.78, 5) is 22.8. The van der Waals surface area contributed by atoms with E-state index in [-0.39, 0.29) is 5.91 Å². The van der Waals surface area contributed by atoms with Gasteiger partial charge in [0.15, 0.2) is 0 Å². The molecule has 2 aromatic carbocycles. The van der Waals surface area contributed by atoms with Crippen molar-refractivity contribution in [2.24, 2.45) is 0 Å². The number of halogens is 1. The summed E-state index contributed by atoms with van der Waals surface area (Å²) in [6.07, 6.45) is 6.68. The second kappa shape index (κ2) is 7.85. The Morgan fingerprint density at radius 2 is 1.96 bits per heavy atom. The molecule has 0 unspecified atom stereocenters. The van der Waals surface area contributed by atoms with Crippen molar-refractivity contribution >= 4 is 32.9 Å². The van der Waals surface area contributed by atoms with Gasteiger partial charge in [-0.1, -0.05) is 53.4 Å².